The molecule has 0 aliphatic rings. The molecule has 7 nitrogen and oxygen atoms in total. The summed E-state index contributed by atoms with van der Waals surface area (Å²) in [5.41, 5.74) is 2.18. The molecule has 0 amide bonds. The van der Waals surface area contributed by atoms with Crippen molar-refractivity contribution in [1.29, 1.82) is 0 Å². The molecule has 0 aliphatic heterocycles. The third-order valence-electron chi connectivity index (χ3n) is 3.72. The molecule has 0 atom stereocenters. The molecular weight excluding hydrogens is 315 g/mol. The second-order valence-electron chi connectivity index (χ2n) is 5.11. The second-order valence-corrected chi connectivity index (χ2v) is 5.11. The maximum absolute atomic E-state index is 14.4. The molecule has 0 aliphatic carbocycles. The molecule has 0 fully saturated rings. The highest BCUT2D eigenvalue weighted by molar-refractivity contribution is 5.96. The Bertz CT molecular complexity index is 1080. The van der Waals surface area contributed by atoms with Gasteiger partial charge in [0.2, 0.25) is 5.88 Å². The van der Waals surface area contributed by atoms with Gasteiger partial charge in [0.25, 0.3) is 0 Å². The number of H-pyrrole nitrogens is 2. The third-order valence-corrected chi connectivity index (χ3v) is 3.72. The predicted octanol–water partition coefficient (Wildman–Crippen LogP) is 2.72. The minimum Gasteiger partial charge on any atom is -0.481 e. The number of nitrogens with one attached hydrogen (secondary N) is 2. The van der Waals surface area contributed by atoms with Crippen LogP contribution in [0.1, 0.15) is 0 Å². The molecule has 4 rings (SSSR count). The fourth-order valence-electron chi connectivity index (χ4n) is 2.57. The van der Waals surface area contributed by atoms with Crippen molar-refractivity contribution in [3.63, 3.8) is 0 Å². The number of nitrogens with zero attached hydrogens (tertiary/aromatic N) is 2. The highest BCUT2D eigenvalue weighted by Crippen LogP contribution is 2.32. The van der Waals surface area contributed by atoms with Crippen LogP contribution in [-0.2, 0) is 0 Å². The highest BCUT2D eigenvalue weighted by Gasteiger charge is 2.15. The summed E-state index contributed by atoms with van der Waals surface area (Å²) in [5.74, 6) is -0.322. The fraction of sp³-hybridized carbons (Fsp3) is 0.0625. The number of fused-ring (bicyclic) bond motifs is 1. The molecule has 120 valence electrons. The molecule has 8 heteroatoms. The van der Waals surface area contributed by atoms with Crippen molar-refractivity contribution >= 4 is 10.9 Å². The minimum absolute atomic E-state index is 0.275. The molecule has 0 saturated heterocycles. The summed E-state index contributed by atoms with van der Waals surface area (Å²) in [6, 6.07) is 6.44. The zero-order chi connectivity index (χ0) is 16.7. The smallest absolute Gasteiger partial charge is 0.439 e. The van der Waals surface area contributed by atoms with Gasteiger partial charge in [-0.15, -0.1) is 0 Å². The van der Waals surface area contributed by atoms with E-state index in [1.54, 1.807) is 24.4 Å². The van der Waals surface area contributed by atoms with Crippen LogP contribution < -0.4 is 10.5 Å². The van der Waals surface area contributed by atoms with Crippen molar-refractivity contribution in [1.82, 2.24) is 20.1 Å². The van der Waals surface area contributed by atoms with Crippen LogP contribution in [0.25, 0.3) is 33.4 Å². The molecule has 2 N–H and O–H groups in total. The van der Waals surface area contributed by atoms with Crippen molar-refractivity contribution in [2.45, 2.75) is 0 Å². The predicted molar refractivity (Wildman–Crippen MR) is 84.2 cm³/mol. The largest absolute Gasteiger partial charge is 0.481 e. The number of benzene rings is 1. The molecular formula is C16H11FN4O3. The summed E-state index contributed by atoms with van der Waals surface area (Å²) in [6.45, 7) is 0. The van der Waals surface area contributed by atoms with E-state index in [9.17, 15) is 9.18 Å². The van der Waals surface area contributed by atoms with Crippen LogP contribution in [-0.4, -0.2) is 27.2 Å². The van der Waals surface area contributed by atoms with Crippen molar-refractivity contribution in [2.75, 3.05) is 7.11 Å². The number of hydrogen-bond donors (Lipinski definition) is 2. The van der Waals surface area contributed by atoms with Crippen LogP contribution in [0.15, 0.2) is 46.0 Å². The van der Waals surface area contributed by atoms with Gasteiger partial charge in [0.05, 0.1) is 7.11 Å². The maximum atomic E-state index is 14.4. The maximum Gasteiger partial charge on any atom is 0.439 e. The Kier molecular flexibility index (Phi) is 3.16. The summed E-state index contributed by atoms with van der Waals surface area (Å²) >= 11 is 0. The average molecular weight is 326 g/mol. The van der Waals surface area contributed by atoms with Gasteiger partial charge in [-0.05, 0) is 18.2 Å². The third kappa shape index (κ3) is 2.24. The van der Waals surface area contributed by atoms with E-state index in [4.69, 9.17) is 4.74 Å². The molecule has 0 bridgehead atoms. The number of aromatic nitrogens is 4. The Morgan fingerprint density at radius 1 is 1.25 bits per heavy atom. The van der Waals surface area contributed by atoms with Crippen molar-refractivity contribution in [2.24, 2.45) is 0 Å². The number of hydrogen-bond acceptors (Lipinski definition) is 5. The molecule has 0 unspecified atom stereocenters. The van der Waals surface area contributed by atoms with Crippen LogP contribution in [0.4, 0.5) is 4.39 Å². The van der Waals surface area contributed by atoms with Crippen molar-refractivity contribution in [3.8, 4) is 28.4 Å². The van der Waals surface area contributed by atoms with Crippen LogP contribution >= 0.6 is 0 Å². The molecule has 1 aromatic carbocycles. The van der Waals surface area contributed by atoms with Gasteiger partial charge in [-0.1, -0.05) is 5.16 Å². The van der Waals surface area contributed by atoms with E-state index >= 15 is 0 Å². The standard InChI is InChI=1S/C16H11FN4O3/c1-23-14-3-2-8(6-19-14)9-4-10-11(15-20-16(22)24-21-15)7-18-13(10)5-12(9)17/h2-7,18H,1H3,(H,20,21,22). The van der Waals surface area contributed by atoms with E-state index in [1.807, 2.05) is 0 Å². The van der Waals surface area contributed by atoms with Gasteiger partial charge < -0.3 is 9.72 Å². The highest BCUT2D eigenvalue weighted by atomic mass is 19.1. The SMILES string of the molecule is COc1ccc(-c2cc3c(-c4noc(=O)[nH]4)c[nH]c3cc2F)cn1. The number of aromatic amines is 2. The van der Waals surface area contributed by atoms with Crippen LogP contribution in [0.2, 0.25) is 0 Å². The zero-order valence-electron chi connectivity index (χ0n) is 12.5. The molecule has 3 heterocycles. The van der Waals surface area contributed by atoms with Crippen molar-refractivity contribution in [3.05, 3.63) is 53.0 Å². The summed E-state index contributed by atoms with van der Waals surface area (Å²) in [5, 5.41) is 4.37. The number of ether oxygens (including phenoxy) is 1. The summed E-state index contributed by atoms with van der Waals surface area (Å²) < 4.78 is 24.0. The first-order valence-corrected chi connectivity index (χ1v) is 7.03. The molecule has 0 radical (unpaired) electrons. The molecule has 24 heavy (non-hydrogen) atoms. The average Bonchev–Trinajstić information content (AvgIpc) is 3.20. The number of rotatable bonds is 3. The lowest BCUT2D eigenvalue weighted by molar-refractivity contribution is 0.388. The van der Waals surface area contributed by atoms with E-state index in [1.165, 1.54) is 19.4 Å². The first-order valence-electron chi connectivity index (χ1n) is 7.03. The summed E-state index contributed by atoms with van der Waals surface area (Å²) in [6.07, 6.45) is 3.17. The van der Waals surface area contributed by atoms with Gasteiger partial charge in [-0.25, -0.2) is 14.2 Å². The lowest BCUT2D eigenvalue weighted by Crippen LogP contribution is -1.94. The molecule has 4 aromatic rings. The van der Waals surface area contributed by atoms with Crippen LogP contribution in [0, 0.1) is 5.82 Å². The summed E-state index contributed by atoms with van der Waals surface area (Å²) in [7, 11) is 1.51. The Balaban J connectivity index is 1.89. The second kappa shape index (κ2) is 5.34. The Labute approximate surface area is 134 Å². The Hall–Kier alpha value is -3.42. The quantitative estimate of drug-likeness (QED) is 0.603. The number of methoxy groups -OCH3 is 1. The van der Waals surface area contributed by atoms with E-state index in [2.05, 4.69) is 24.6 Å². The van der Waals surface area contributed by atoms with Gasteiger partial charge in [-0.2, -0.15) is 0 Å². The first kappa shape index (κ1) is 14.2. The number of pyridine rings is 1. The van der Waals surface area contributed by atoms with E-state index in [0.717, 1.165) is 0 Å². The van der Waals surface area contributed by atoms with Crippen molar-refractivity contribution < 1.29 is 13.7 Å². The first-order chi connectivity index (χ1) is 11.7. The molecule has 0 spiro atoms. The molecule has 3 aromatic heterocycles. The molecule has 0 saturated carbocycles. The van der Waals surface area contributed by atoms with Gasteiger partial charge in [-0.3, -0.25) is 9.51 Å². The Morgan fingerprint density at radius 3 is 2.79 bits per heavy atom. The normalized spacial score (nSPS) is 11.1. The fourth-order valence-corrected chi connectivity index (χ4v) is 2.57. The van der Waals surface area contributed by atoms with E-state index in [-0.39, 0.29) is 5.82 Å². The monoisotopic (exact) mass is 326 g/mol. The van der Waals surface area contributed by atoms with Crippen LogP contribution in [0.5, 0.6) is 5.88 Å². The van der Waals surface area contributed by atoms with Crippen LogP contribution in [0.3, 0.4) is 0 Å². The van der Waals surface area contributed by atoms with Gasteiger partial charge in [0.15, 0.2) is 5.82 Å². The summed E-state index contributed by atoms with van der Waals surface area (Å²) in [4.78, 5) is 20.7. The van der Waals surface area contributed by atoms with Gasteiger partial charge in [0.1, 0.15) is 5.82 Å². The van der Waals surface area contributed by atoms with E-state index < -0.39 is 11.6 Å². The van der Waals surface area contributed by atoms with Gasteiger partial charge >= 0.3 is 5.76 Å². The number of halogens is 1. The van der Waals surface area contributed by atoms with E-state index in [0.29, 0.717) is 33.5 Å². The lowest BCUT2D eigenvalue weighted by atomic mass is 10.0. The lowest BCUT2D eigenvalue weighted by Gasteiger charge is -2.05. The topological polar surface area (TPSA) is 96.8 Å². The van der Waals surface area contributed by atoms with Gasteiger partial charge in [0, 0.05) is 46.1 Å². The zero-order valence-corrected chi connectivity index (χ0v) is 12.5. The minimum atomic E-state index is -0.652. The Morgan fingerprint density at radius 2 is 2.12 bits per heavy atom.